The van der Waals surface area contributed by atoms with E-state index in [0.29, 0.717) is 5.69 Å². The molecule has 0 spiro atoms. The molecule has 0 aliphatic rings. The molecule has 13 heavy (non-hydrogen) atoms. The number of nitrogen functional groups attached to an aromatic ring is 1. The third-order valence-electron chi connectivity index (χ3n) is 1.99. The van der Waals surface area contributed by atoms with Crippen LogP contribution < -0.4 is 5.73 Å². The van der Waals surface area contributed by atoms with E-state index in [-0.39, 0.29) is 6.61 Å². The number of anilines is 1. The van der Waals surface area contributed by atoms with Crippen LogP contribution in [-0.2, 0) is 6.61 Å². The summed E-state index contributed by atoms with van der Waals surface area (Å²) in [5.74, 6) is 0. The van der Waals surface area contributed by atoms with Crippen molar-refractivity contribution in [3.05, 3.63) is 27.5 Å². The molecule has 0 radical (unpaired) electrons. The number of benzene rings is 1. The minimum Gasteiger partial charge on any atom is -0.398 e. The second-order valence-electron chi connectivity index (χ2n) is 2.75. The monoisotopic (exact) mass is 257 g/mol. The largest absolute Gasteiger partial charge is 0.398 e. The van der Waals surface area contributed by atoms with E-state index in [2.05, 4.69) is 15.9 Å². The molecular formula is C9H8BrNOS. The number of hydrogen-bond donors (Lipinski definition) is 2. The van der Waals surface area contributed by atoms with Crippen LogP contribution in [0.15, 0.2) is 22.0 Å². The summed E-state index contributed by atoms with van der Waals surface area (Å²) in [7, 11) is 0. The molecule has 0 saturated heterocycles. The van der Waals surface area contributed by atoms with Crippen LogP contribution >= 0.6 is 27.3 Å². The van der Waals surface area contributed by atoms with Crippen molar-refractivity contribution in [2.45, 2.75) is 6.61 Å². The highest BCUT2D eigenvalue weighted by Crippen LogP contribution is 2.35. The number of rotatable bonds is 1. The molecular weight excluding hydrogens is 250 g/mol. The SMILES string of the molecule is Nc1c(CO)cc2sccc2c1Br. The zero-order chi connectivity index (χ0) is 9.42. The second-order valence-corrected chi connectivity index (χ2v) is 4.49. The number of aliphatic hydroxyl groups excluding tert-OH is 1. The standard InChI is InChI=1S/C9H8BrNOS/c10-8-6-1-2-13-7(6)3-5(4-12)9(8)11/h1-3,12H,4,11H2. The maximum atomic E-state index is 9.04. The first-order valence-corrected chi connectivity index (χ1v) is 5.46. The van der Waals surface area contributed by atoms with E-state index in [9.17, 15) is 0 Å². The van der Waals surface area contributed by atoms with Gasteiger partial charge in [0.25, 0.3) is 0 Å². The topological polar surface area (TPSA) is 46.2 Å². The first kappa shape index (κ1) is 8.99. The molecule has 2 nitrogen and oxygen atoms in total. The molecule has 1 heterocycles. The van der Waals surface area contributed by atoms with Gasteiger partial charge in [-0.2, -0.15) is 0 Å². The van der Waals surface area contributed by atoms with Crippen molar-refractivity contribution in [3.8, 4) is 0 Å². The summed E-state index contributed by atoms with van der Waals surface area (Å²) in [6, 6.07) is 3.95. The second kappa shape index (κ2) is 3.29. The van der Waals surface area contributed by atoms with Gasteiger partial charge in [0.05, 0.1) is 12.3 Å². The van der Waals surface area contributed by atoms with Gasteiger partial charge in [-0.05, 0) is 33.4 Å². The molecule has 0 bridgehead atoms. The number of nitrogens with two attached hydrogens (primary N) is 1. The lowest BCUT2D eigenvalue weighted by Crippen LogP contribution is -1.95. The normalized spacial score (nSPS) is 10.9. The Morgan fingerprint density at radius 1 is 1.54 bits per heavy atom. The van der Waals surface area contributed by atoms with Gasteiger partial charge in [-0.3, -0.25) is 0 Å². The minimum atomic E-state index is -0.0156. The highest BCUT2D eigenvalue weighted by atomic mass is 79.9. The van der Waals surface area contributed by atoms with E-state index >= 15 is 0 Å². The van der Waals surface area contributed by atoms with Crippen LogP contribution in [0.2, 0.25) is 0 Å². The average Bonchev–Trinajstić information content (AvgIpc) is 2.59. The first-order valence-electron chi connectivity index (χ1n) is 3.79. The first-order chi connectivity index (χ1) is 6.24. The average molecular weight is 258 g/mol. The Labute approximate surface area is 88.1 Å². The minimum absolute atomic E-state index is 0.0156. The Hall–Kier alpha value is -0.580. The summed E-state index contributed by atoms with van der Waals surface area (Å²) < 4.78 is 2.03. The van der Waals surface area contributed by atoms with E-state index in [1.807, 2.05) is 17.5 Å². The van der Waals surface area contributed by atoms with E-state index in [1.54, 1.807) is 11.3 Å². The van der Waals surface area contributed by atoms with Crippen molar-refractivity contribution < 1.29 is 5.11 Å². The number of halogens is 1. The molecule has 0 unspecified atom stereocenters. The van der Waals surface area contributed by atoms with Crippen molar-refractivity contribution in [3.63, 3.8) is 0 Å². The van der Waals surface area contributed by atoms with Gasteiger partial charge in [0.2, 0.25) is 0 Å². The highest BCUT2D eigenvalue weighted by molar-refractivity contribution is 9.10. The summed E-state index contributed by atoms with van der Waals surface area (Å²) in [6.07, 6.45) is 0. The molecule has 0 aliphatic heterocycles. The van der Waals surface area contributed by atoms with Gasteiger partial charge in [0.15, 0.2) is 0 Å². The van der Waals surface area contributed by atoms with Crippen LogP contribution in [0.4, 0.5) is 5.69 Å². The fourth-order valence-corrected chi connectivity index (χ4v) is 2.86. The molecule has 4 heteroatoms. The van der Waals surface area contributed by atoms with Gasteiger partial charge in [0.1, 0.15) is 0 Å². The van der Waals surface area contributed by atoms with Crippen LogP contribution in [0.25, 0.3) is 10.1 Å². The molecule has 3 N–H and O–H groups in total. The number of hydrogen-bond acceptors (Lipinski definition) is 3. The molecule has 1 aromatic carbocycles. The van der Waals surface area contributed by atoms with Crippen LogP contribution in [0.1, 0.15) is 5.56 Å². The Bertz CT molecular complexity index is 452. The Balaban J connectivity index is 2.83. The maximum absolute atomic E-state index is 9.04. The Kier molecular flexibility index (Phi) is 2.27. The van der Waals surface area contributed by atoms with E-state index in [1.165, 1.54) is 0 Å². The highest BCUT2D eigenvalue weighted by Gasteiger charge is 2.08. The van der Waals surface area contributed by atoms with Crippen molar-refractivity contribution in [1.29, 1.82) is 0 Å². The smallest absolute Gasteiger partial charge is 0.0702 e. The third kappa shape index (κ3) is 1.35. The van der Waals surface area contributed by atoms with Crippen LogP contribution in [0.3, 0.4) is 0 Å². The van der Waals surface area contributed by atoms with Crippen molar-refractivity contribution in [2.75, 3.05) is 5.73 Å². The summed E-state index contributed by atoms with van der Waals surface area (Å²) >= 11 is 5.07. The molecule has 2 aromatic rings. The molecule has 0 amide bonds. The summed E-state index contributed by atoms with van der Waals surface area (Å²) in [5, 5.41) is 12.2. The third-order valence-corrected chi connectivity index (χ3v) is 3.71. The molecule has 0 saturated carbocycles. The van der Waals surface area contributed by atoms with E-state index in [0.717, 1.165) is 20.1 Å². The predicted octanol–water partition coefficient (Wildman–Crippen LogP) is 2.74. The van der Waals surface area contributed by atoms with Crippen molar-refractivity contribution in [1.82, 2.24) is 0 Å². The van der Waals surface area contributed by atoms with Gasteiger partial charge >= 0.3 is 0 Å². The van der Waals surface area contributed by atoms with Crippen LogP contribution in [-0.4, -0.2) is 5.11 Å². The molecule has 68 valence electrons. The molecule has 0 fully saturated rings. The Morgan fingerprint density at radius 2 is 2.31 bits per heavy atom. The van der Waals surface area contributed by atoms with Crippen molar-refractivity contribution >= 4 is 43.0 Å². The summed E-state index contributed by atoms with van der Waals surface area (Å²) in [4.78, 5) is 0. The Morgan fingerprint density at radius 3 is 3.00 bits per heavy atom. The van der Waals surface area contributed by atoms with Gasteiger partial charge in [-0.25, -0.2) is 0 Å². The van der Waals surface area contributed by atoms with Gasteiger partial charge in [-0.1, -0.05) is 0 Å². The summed E-state index contributed by atoms with van der Waals surface area (Å²) in [6.45, 7) is -0.0156. The quantitative estimate of drug-likeness (QED) is 0.772. The van der Waals surface area contributed by atoms with Crippen molar-refractivity contribution in [2.24, 2.45) is 0 Å². The number of fused-ring (bicyclic) bond motifs is 1. The van der Waals surface area contributed by atoms with Gasteiger partial charge in [0, 0.05) is 20.1 Å². The van der Waals surface area contributed by atoms with Gasteiger partial charge in [-0.15, -0.1) is 11.3 Å². The lowest BCUT2D eigenvalue weighted by atomic mass is 10.1. The zero-order valence-electron chi connectivity index (χ0n) is 6.75. The van der Waals surface area contributed by atoms with E-state index in [4.69, 9.17) is 10.8 Å². The van der Waals surface area contributed by atoms with Crippen LogP contribution in [0.5, 0.6) is 0 Å². The molecule has 0 atom stereocenters. The van der Waals surface area contributed by atoms with E-state index < -0.39 is 0 Å². The molecule has 2 rings (SSSR count). The van der Waals surface area contributed by atoms with Gasteiger partial charge < -0.3 is 10.8 Å². The zero-order valence-corrected chi connectivity index (χ0v) is 9.15. The lowest BCUT2D eigenvalue weighted by Gasteiger charge is -2.05. The van der Waals surface area contributed by atoms with Crippen LogP contribution in [0, 0.1) is 0 Å². The number of aliphatic hydroxyl groups is 1. The summed E-state index contributed by atoms with van der Waals surface area (Å²) in [5.41, 5.74) is 7.23. The molecule has 1 aromatic heterocycles. The lowest BCUT2D eigenvalue weighted by molar-refractivity contribution is 0.282. The maximum Gasteiger partial charge on any atom is 0.0702 e. The fourth-order valence-electron chi connectivity index (χ4n) is 1.27. The fraction of sp³-hybridized carbons (Fsp3) is 0.111. The molecule has 0 aliphatic carbocycles. The number of thiophene rings is 1. The predicted molar refractivity (Wildman–Crippen MR) is 59.9 cm³/mol.